The van der Waals surface area contributed by atoms with Gasteiger partial charge in [-0.25, -0.2) is 0 Å². The number of aromatic nitrogens is 2. The van der Waals surface area contributed by atoms with Gasteiger partial charge in [-0.15, -0.1) is 0 Å². The van der Waals surface area contributed by atoms with Crippen LogP contribution in [0, 0.1) is 5.92 Å². The summed E-state index contributed by atoms with van der Waals surface area (Å²) in [5.74, 6) is 0.889. The van der Waals surface area contributed by atoms with Crippen molar-refractivity contribution in [1.82, 2.24) is 19.6 Å². The molecule has 0 N–H and O–H groups in total. The highest BCUT2D eigenvalue weighted by Gasteiger charge is 2.19. The average molecular weight is 288 g/mol. The van der Waals surface area contributed by atoms with E-state index in [-0.39, 0.29) is 0 Å². The van der Waals surface area contributed by atoms with Crippen molar-refractivity contribution < 1.29 is 0 Å². The molecule has 0 aromatic carbocycles. The summed E-state index contributed by atoms with van der Waals surface area (Å²) in [6.07, 6.45) is 14.1. The number of hydrogen-bond donors (Lipinski definition) is 0. The Morgan fingerprint density at radius 1 is 1.14 bits per heavy atom. The second-order valence-corrected chi connectivity index (χ2v) is 6.60. The Kier molecular flexibility index (Phi) is 5.09. The first-order chi connectivity index (χ1) is 10.3. The molecule has 2 heterocycles. The Morgan fingerprint density at radius 2 is 2.00 bits per heavy atom. The highest BCUT2D eigenvalue weighted by atomic mass is 15.3. The molecule has 3 rings (SSSR count). The maximum atomic E-state index is 4.27. The lowest BCUT2D eigenvalue weighted by Crippen LogP contribution is -2.34. The van der Waals surface area contributed by atoms with Gasteiger partial charge in [-0.05, 0) is 44.7 Å². The third-order valence-electron chi connectivity index (χ3n) is 4.74. The molecule has 0 amide bonds. The van der Waals surface area contributed by atoms with Crippen molar-refractivity contribution in [2.75, 3.05) is 32.7 Å². The molecule has 1 saturated heterocycles. The van der Waals surface area contributed by atoms with Crippen molar-refractivity contribution in [2.24, 2.45) is 13.0 Å². The van der Waals surface area contributed by atoms with Gasteiger partial charge in [-0.3, -0.25) is 9.58 Å². The van der Waals surface area contributed by atoms with Gasteiger partial charge in [0.15, 0.2) is 0 Å². The van der Waals surface area contributed by atoms with E-state index in [0.29, 0.717) is 0 Å². The van der Waals surface area contributed by atoms with Crippen molar-refractivity contribution in [3.63, 3.8) is 0 Å². The molecule has 1 unspecified atom stereocenters. The van der Waals surface area contributed by atoms with Crippen molar-refractivity contribution in [2.45, 2.75) is 32.2 Å². The summed E-state index contributed by atoms with van der Waals surface area (Å²) in [4.78, 5) is 5.27. The van der Waals surface area contributed by atoms with E-state index in [4.69, 9.17) is 0 Å². The molecular formula is C17H28N4. The van der Waals surface area contributed by atoms with Crippen molar-refractivity contribution >= 4 is 0 Å². The zero-order valence-electron chi connectivity index (χ0n) is 13.2. The second kappa shape index (κ2) is 7.23. The summed E-state index contributed by atoms with van der Waals surface area (Å²) >= 11 is 0. The third kappa shape index (κ3) is 4.42. The summed E-state index contributed by atoms with van der Waals surface area (Å²) in [5, 5.41) is 4.27. The van der Waals surface area contributed by atoms with E-state index in [1.165, 1.54) is 64.0 Å². The Morgan fingerprint density at radius 3 is 2.76 bits per heavy atom. The predicted octanol–water partition coefficient (Wildman–Crippen LogP) is 2.28. The number of aryl methyl sites for hydroxylation is 1. The number of hydrogen-bond acceptors (Lipinski definition) is 3. The standard InChI is InChI=1S/C17H28N4/c1-19-13-17(12-18-19)15-21-9-5-8-20(10-11-21)14-16-6-3-2-4-7-16/h2-3,12-13,16H,4-11,14-15H2,1H3. The fourth-order valence-corrected chi connectivity index (χ4v) is 3.56. The van der Waals surface area contributed by atoms with Crippen LogP contribution >= 0.6 is 0 Å². The Balaban J connectivity index is 1.46. The first-order valence-electron chi connectivity index (χ1n) is 8.37. The molecule has 1 aromatic heterocycles. The van der Waals surface area contributed by atoms with Crippen LogP contribution in [0.3, 0.4) is 0 Å². The molecule has 0 bridgehead atoms. The van der Waals surface area contributed by atoms with Gasteiger partial charge in [0.25, 0.3) is 0 Å². The SMILES string of the molecule is Cn1cc(CN2CCCN(CC3CC=CCC3)CC2)cn1. The number of rotatable bonds is 4. The molecule has 1 aliphatic carbocycles. The van der Waals surface area contributed by atoms with Gasteiger partial charge in [0.2, 0.25) is 0 Å². The minimum Gasteiger partial charge on any atom is -0.302 e. The van der Waals surface area contributed by atoms with Crippen LogP contribution in [-0.4, -0.2) is 52.3 Å². The topological polar surface area (TPSA) is 24.3 Å². The van der Waals surface area contributed by atoms with Crippen molar-refractivity contribution in [3.05, 3.63) is 30.1 Å². The minimum absolute atomic E-state index is 0.889. The first kappa shape index (κ1) is 14.8. The minimum atomic E-state index is 0.889. The van der Waals surface area contributed by atoms with Gasteiger partial charge in [0.1, 0.15) is 0 Å². The lowest BCUT2D eigenvalue weighted by Gasteiger charge is -2.27. The van der Waals surface area contributed by atoms with Gasteiger partial charge in [0.05, 0.1) is 6.20 Å². The van der Waals surface area contributed by atoms with Crippen LogP contribution in [-0.2, 0) is 13.6 Å². The number of nitrogens with zero attached hydrogens (tertiary/aromatic N) is 4. The normalized spacial score (nSPS) is 25.1. The summed E-state index contributed by atoms with van der Waals surface area (Å²) in [6.45, 7) is 7.25. The molecule has 2 aliphatic rings. The molecule has 0 spiro atoms. The van der Waals surface area contributed by atoms with Gasteiger partial charge >= 0.3 is 0 Å². The molecule has 4 heteroatoms. The summed E-state index contributed by atoms with van der Waals surface area (Å²) in [7, 11) is 1.99. The Labute approximate surface area is 128 Å². The monoisotopic (exact) mass is 288 g/mol. The smallest absolute Gasteiger partial charge is 0.0534 e. The Bertz CT molecular complexity index is 465. The van der Waals surface area contributed by atoms with Gasteiger partial charge in [-0.1, -0.05) is 12.2 Å². The lowest BCUT2D eigenvalue weighted by molar-refractivity contribution is 0.219. The second-order valence-electron chi connectivity index (χ2n) is 6.60. The highest BCUT2D eigenvalue weighted by molar-refractivity contribution is 5.03. The van der Waals surface area contributed by atoms with E-state index in [1.807, 2.05) is 17.9 Å². The van der Waals surface area contributed by atoms with E-state index in [0.717, 1.165) is 12.5 Å². The van der Waals surface area contributed by atoms with Crippen LogP contribution < -0.4 is 0 Å². The van der Waals surface area contributed by atoms with Crippen LogP contribution in [0.4, 0.5) is 0 Å². The molecule has 1 aromatic rings. The predicted molar refractivity (Wildman–Crippen MR) is 86.0 cm³/mol. The average Bonchev–Trinajstić information content (AvgIpc) is 2.77. The summed E-state index contributed by atoms with van der Waals surface area (Å²) in [5.41, 5.74) is 1.34. The molecular weight excluding hydrogens is 260 g/mol. The lowest BCUT2D eigenvalue weighted by atomic mass is 9.94. The first-order valence-corrected chi connectivity index (χ1v) is 8.37. The maximum Gasteiger partial charge on any atom is 0.0534 e. The van der Waals surface area contributed by atoms with Crippen molar-refractivity contribution in [1.29, 1.82) is 0 Å². The van der Waals surface area contributed by atoms with Gasteiger partial charge in [0, 0.05) is 45.0 Å². The van der Waals surface area contributed by atoms with Crippen LogP contribution in [0.2, 0.25) is 0 Å². The van der Waals surface area contributed by atoms with Crippen LogP contribution in [0.25, 0.3) is 0 Å². The van der Waals surface area contributed by atoms with E-state index in [9.17, 15) is 0 Å². The molecule has 0 radical (unpaired) electrons. The maximum absolute atomic E-state index is 4.27. The van der Waals surface area contributed by atoms with E-state index < -0.39 is 0 Å². The molecule has 1 aliphatic heterocycles. The van der Waals surface area contributed by atoms with E-state index >= 15 is 0 Å². The largest absolute Gasteiger partial charge is 0.302 e. The zero-order valence-corrected chi connectivity index (χ0v) is 13.2. The van der Waals surface area contributed by atoms with Crippen LogP contribution in [0.15, 0.2) is 24.5 Å². The van der Waals surface area contributed by atoms with E-state index in [1.54, 1.807) is 0 Å². The molecule has 21 heavy (non-hydrogen) atoms. The number of allylic oxidation sites excluding steroid dienone is 2. The van der Waals surface area contributed by atoms with E-state index in [2.05, 4.69) is 33.2 Å². The molecule has 1 atom stereocenters. The van der Waals surface area contributed by atoms with Crippen LogP contribution in [0.1, 0.15) is 31.2 Å². The zero-order chi connectivity index (χ0) is 14.5. The third-order valence-corrected chi connectivity index (χ3v) is 4.74. The summed E-state index contributed by atoms with van der Waals surface area (Å²) in [6, 6.07) is 0. The highest BCUT2D eigenvalue weighted by Crippen LogP contribution is 2.20. The fourth-order valence-electron chi connectivity index (χ4n) is 3.56. The summed E-state index contributed by atoms with van der Waals surface area (Å²) < 4.78 is 1.90. The molecule has 1 fully saturated rings. The Hall–Kier alpha value is -1.13. The molecule has 4 nitrogen and oxygen atoms in total. The molecule has 0 saturated carbocycles. The van der Waals surface area contributed by atoms with Gasteiger partial charge in [-0.2, -0.15) is 5.10 Å². The van der Waals surface area contributed by atoms with Crippen molar-refractivity contribution in [3.8, 4) is 0 Å². The fraction of sp³-hybridized carbons (Fsp3) is 0.706. The quantitative estimate of drug-likeness (QED) is 0.795. The van der Waals surface area contributed by atoms with Gasteiger partial charge < -0.3 is 4.90 Å². The van der Waals surface area contributed by atoms with Crippen LogP contribution in [0.5, 0.6) is 0 Å². The molecule has 116 valence electrons.